The minimum Gasteiger partial charge on any atom is -0.457 e. The fourth-order valence-electron chi connectivity index (χ4n) is 4.84. The molecule has 6 rings (SSSR count). The predicted molar refractivity (Wildman–Crippen MR) is 163 cm³/mol. The molecule has 0 fully saturated rings. The summed E-state index contributed by atoms with van der Waals surface area (Å²) in [4.78, 5) is 17.5. The molecule has 2 aromatic carbocycles. The Morgan fingerprint density at radius 3 is 2.57 bits per heavy atom. The van der Waals surface area contributed by atoms with Crippen LogP contribution in [0.1, 0.15) is 37.6 Å². The third-order valence-electron chi connectivity index (χ3n) is 7.12. The summed E-state index contributed by atoms with van der Waals surface area (Å²) in [5.41, 5.74) is 6.55. The van der Waals surface area contributed by atoms with Crippen LogP contribution < -0.4 is 20.7 Å². The Labute approximate surface area is 244 Å². The number of aryl methyl sites for hydroxylation is 1. The van der Waals surface area contributed by atoms with Crippen LogP contribution in [-0.2, 0) is 25.4 Å². The number of ether oxygens (including phenoxy) is 1. The third-order valence-corrected chi connectivity index (χ3v) is 7.12. The molecular formula is C32H34N8O2. The van der Waals surface area contributed by atoms with E-state index in [1.54, 1.807) is 35.3 Å². The van der Waals surface area contributed by atoms with Gasteiger partial charge in [-0.15, -0.1) is 0 Å². The van der Waals surface area contributed by atoms with E-state index in [-0.39, 0.29) is 11.4 Å². The maximum Gasteiger partial charge on any atom is 0.324 e. The van der Waals surface area contributed by atoms with Gasteiger partial charge in [-0.2, -0.15) is 10.2 Å². The van der Waals surface area contributed by atoms with E-state index in [0.29, 0.717) is 23.0 Å². The largest absolute Gasteiger partial charge is 0.457 e. The van der Waals surface area contributed by atoms with Gasteiger partial charge in [-0.05, 0) is 66.6 Å². The highest BCUT2D eigenvalue weighted by Gasteiger charge is 2.22. The third kappa shape index (κ3) is 6.03. The van der Waals surface area contributed by atoms with Gasteiger partial charge < -0.3 is 15.4 Å². The molecule has 1 aliphatic rings. The Bertz CT molecular complexity index is 1730. The summed E-state index contributed by atoms with van der Waals surface area (Å²) in [5.74, 6) is 1.90. The molecular weight excluding hydrogens is 528 g/mol. The normalized spacial score (nSPS) is 13.0. The molecule has 0 radical (unpaired) electrons. The number of anilines is 2. The Balaban J connectivity index is 1.15. The van der Waals surface area contributed by atoms with E-state index in [1.165, 1.54) is 11.1 Å². The molecule has 3 N–H and O–H groups in total. The molecule has 10 nitrogen and oxygen atoms in total. The standard InChI is InChI=1S/C32H34N8O2/c1-32(2,3)29-17-30(40(38-29)25-8-5-22-18-33-13-11-21(22)15-25)37-31(41)36-24-6-9-26(10-7-24)42-27-12-14-34-28(16-27)23-19-35-39(4)20-23/h5-10,12,14-17,19-20,33H,11,13,18H2,1-4H3,(H2,36,37,41). The van der Waals surface area contributed by atoms with Crippen molar-refractivity contribution in [1.82, 2.24) is 29.9 Å². The van der Waals surface area contributed by atoms with Gasteiger partial charge >= 0.3 is 6.03 Å². The minimum absolute atomic E-state index is 0.181. The quantitative estimate of drug-likeness (QED) is 0.232. The van der Waals surface area contributed by atoms with Crippen molar-refractivity contribution in [1.29, 1.82) is 0 Å². The van der Waals surface area contributed by atoms with Gasteiger partial charge in [-0.1, -0.05) is 26.8 Å². The Hall–Kier alpha value is -4.96. The number of carbonyl (C=O) groups is 1. The van der Waals surface area contributed by atoms with Crippen molar-refractivity contribution in [2.45, 2.75) is 39.2 Å². The number of pyridine rings is 1. The smallest absolute Gasteiger partial charge is 0.324 e. The number of aromatic nitrogens is 5. The van der Waals surface area contributed by atoms with Crippen LogP contribution in [0.15, 0.2) is 79.3 Å². The number of carbonyl (C=O) groups excluding carboxylic acids is 1. The molecule has 3 aromatic heterocycles. The first-order chi connectivity index (χ1) is 20.2. The number of amides is 2. The summed E-state index contributed by atoms with van der Waals surface area (Å²) < 4.78 is 9.58. The lowest BCUT2D eigenvalue weighted by molar-refractivity contribution is 0.262. The van der Waals surface area contributed by atoms with Gasteiger partial charge in [0.05, 0.1) is 23.3 Å². The van der Waals surface area contributed by atoms with Gasteiger partial charge in [0.2, 0.25) is 0 Å². The summed E-state index contributed by atoms with van der Waals surface area (Å²) >= 11 is 0. The average molecular weight is 563 g/mol. The molecule has 0 saturated carbocycles. The first kappa shape index (κ1) is 27.2. The second-order valence-electron chi connectivity index (χ2n) is 11.4. The van der Waals surface area contributed by atoms with Gasteiger partial charge in [0.1, 0.15) is 17.3 Å². The molecule has 10 heteroatoms. The summed E-state index contributed by atoms with van der Waals surface area (Å²) in [7, 11) is 1.87. The van der Waals surface area contributed by atoms with Gasteiger partial charge in [0.25, 0.3) is 0 Å². The van der Waals surface area contributed by atoms with Gasteiger partial charge in [0, 0.05) is 54.8 Å². The first-order valence-corrected chi connectivity index (χ1v) is 14.0. The van der Waals surface area contributed by atoms with E-state index in [4.69, 9.17) is 9.84 Å². The molecule has 1 aliphatic heterocycles. The van der Waals surface area contributed by atoms with Crippen LogP contribution in [0.25, 0.3) is 16.9 Å². The molecule has 0 aliphatic carbocycles. The number of nitrogens with zero attached hydrogens (tertiary/aromatic N) is 5. The molecule has 214 valence electrons. The maximum atomic E-state index is 13.1. The van der Waals surface area contributed by atoms with E-state index in [2.05, 4.69) is 65.0 Å². The second-order valence-corrected chi connectivity index (χ2v) is 11.4. The van der Waals surface area contributed by atoms with Gasteiger partial charge in [-0.3, -0.25) is 15.0 Å². The minimum atomic E-state index is -0.359. The van der Waals surface area contributed by atoms with Crippen LogP contribution in [0.3, 0.4) is 0 Å². The Morgan fingerprint density at radius 1 is 0.976 bits per heavy atom. The van der Waals surface area contributed by atoms with Crippen molar-refractivity contribution in [3.63, 3.8) is 0 Å². The lowest BCUT2D eigenvalue weighted by atomic mass is 9.92. The molecule has 2 amide bonds. The summed E-state index contributed by atoms with van der Waals surface area (Å²) in [6.45, 7) is 8.15. The molecule has 0 bridgehead atoms. The summed E-state index contributed by atoms with van der Waals surface area (Å²) in [6.07, 6.45) is 6.33. The van der Waals surface area contributed by atoms with Crippen molar-refractivity contribution in [3.8, 4) is 28.4 Å². The monoisotopic (exact) mass is 562 g/mol. The Morgan fingerprint density at radius 2 is 1.81 bits per heavy atom. The Kier molecular flexibility index (Phi) is 7.22. The van der Waals surface area contributed by atoms with Gasteiger partial charge in [-0.25, -0.2) is 9.48 Å². The summed E-state index contributed by atoms with van der Waals surface area (Å²) in [5, 5.41) is 18.4. The van der Waals surface area contributed by atoms with E-state index < -0.39 is 0 Å². The highest BCUT2D eigenvalue weighted by molar-refractivity contribution is 5.99. The average Bonchev–Trinajstić information content (AvgIpc) is 3.60. The molecule has 5 aromatic rings. The SMILES string of the molecule is Cn1cc(-c2cc(Oc3ccc(NC(=O)Nc4cc(C(C)(C)C)nn4-c4ccc5c(c4)CCNC5)cc3)ccn2)cn1. The van der Waals surface area contributed by atoms with Gasteiger partial charge in [0.15, 0.2) is 0 Å². The zero-order valence-corrected chi connectivity index (χ0v) is 24.2. The van der Waals surface area contributed by atoms with Crippen molar-refractivity contribution in [3.05, 3.63) is 96.1 Å². The van der Waals surface area contributed by atoms with Crippen molar-refractivity contribution < 1.29 is 9.53 Å². The molecule has 42 heavy (non-hydrogen) atoms. The molecule has 0 atom stereocenters. The lowest BCUT2D eigenvalue weighted by Gasteiger charge is -2.18. The zero-order valence-electron chi connectivity index (χ0n) is 24.2. The van der Waals surface area contributed by atoms with Crippen LogP contribution in [0.5, 0.6) is 11.5 Å². The highest BCUT2D eigenvalue weighted by atomic mass is 16.5. The molecule has 0 saturated heterocycles. The zero-order chi connectivity index (χ0) is 29.3. The molecule has 0 unspecified atom stereocenters. The fraction of sp³-hybridized carbons (Fsp3) is 0.250. The lowest BCUT2D eigenvalue weighted by Crippen LogP contribution is -2.24. The van der Waals surface area contributed by atoms with Crippen molar-refractivity contribution in [2.75, 3.05) is 17.2 Å². The van der Waals surface area contributed by atoms with Crippen molar-refractivity contribution >= 4 is 17.5 Å². The molecule has 0 spiro atoms. The number of urea groups is 1. The van der Waals surface area contributed by atoms with E-state index in [9.17, 15) is 4.79 Å². The molecule has 4 heterocycles. The van der Waals surface area contributed by atoms with E-state index in [1.807, 2.05) is 42.2 Å². The predicted octanol–water partition coefficient (Wildman–Crippen LogP) is 6.05. The van der Waals surface area contributed by atoms with Crippen LogP contribution in [0.2, 0.25) is 0 Å². The van der Waals surface area contributed by atoms with Crippen LogP contribution in [0, 0.1) is 0 Å². The number of fused-ring (bicyclic) bond motifs is 1. The number of hydrogen-bond acceptors (Lipinski definition) is 6. The van der Waals surface area contributed by atoms with Crippen LogP contribution in [0.4, 0.5) is 16.3 Å². The fourth-order valence-corrected chi connectivity index (χ4v) is 4.84. The van der Waals surface area contributed by atoms with E-state index >= 15 is 0 Å². The highest BCUT2D eigenvalue weighted by Crippen LogP contribution is 2.29. The number of benzene rings is 2. The summed E-state index contributed by atoms with van der Waals surface area (Å²) in [6, 6.07) is 18.8. The number of hydrogen-bond donors (Lipinski definition) is 3. The first-order valence-electron chi connectivity index (χ1n) is 14.0. The van der Waals surface area contributed by atoms with Crippen LogP contribution in [-0.4, -0.2) is 37.1 Å². The van der Waals surface area contributed by atoms with Crippen molar-refractivity contribution in [2.24, 2.45) is 7.05 Å². The number of rotatable bonds is 6. The van der Waals surface area contributed by atoms with E-state index in [0.717, 1.165) is 42.1 Å². The topological polar surface area (TPSA) is 111 Å². The number of nitrogens with one attached hydrogen (secondary N) is 3. The van der Waals surface area contributed by atoms with Crippen LogP contribution >= 0.6 is 0 Å². The second kappa shape index (κ2) is 11.1. The maximum absolute atomic E-state index is 13.1.